The van der Waals surface area contributed by atoms with Crippen LogP contribution >= 0.6 is 0 Å². The molecule has 0 bridgehead atoms. The van der Waals surface area contributed by atoms with Crippen LogP contribution in [0.2, 0.25) is 0 Å². The Hall–Kier alpha value is -1.45. The van der Waals surface area contributed by atoms with Crippen LogP contribution < -0.4 is 0 Å². The van der Waals surface area contributed by atoms with Crippen molar-refractivity contribution < 1.29 is 9.13 Å². The molecule has 0 aliphatic carbocycles. The molecule has 0 aromatic carbocycles. The highest BCUT2D eigenvalue weighted by Gasteiger charge is 2.13. The van der Waals surface area contributed by atoms with Crippen molar-refractivity contribution in [2.75, 3.05) is 6.61 Å². The predicted molar refractivity (Wildman–Crippen MR) is 49.7 cm³/mol. The van der Waals surface area contributed by atoms with E-state index in [0.29, 0.717) is 18.6 Å². The first-order valence-corrected chi connectivity index (χ1v) is 4.51. The maximum Gasteiger partial charge on any atom is 0.273 e. The van der Waals surface area contributed by atoms with Crippen LogP contribution in [-0.2, 0) is 11.2 Å². The summed E-state index contributed by atoms with van der Waals surface area (Å²) in [7, 11) is 0. The maximum atomic E-state index is 13.1. The summed E-state index contributed by atoms with van der Waals surface area (Å²) in [6.07, 6.45) is 6.72. The molecule has 1 aromatic heterocycles. The standard InChI is InChI=1S/C10H10FN2O/c11-10-5-12-4-3-8(10)1-2-9-6-14-7-13-9/h3-5,9H,1-2,6H2. The predicted octanol–water partition coefficient (Wildman–Crippen LogP) is 1.46. The molecule has 1 aliphatic heterocycles. The number of hydrogen-bond donors (Lipinski definition) is 0. The Morgan fingerprint density at radius 1 is 1.64 bits per heavy atom. The molecule has 0 saturated heterocycles. The minimum absolute atomic E-state index is 0.127. The van der Waals surface area contributed by atoms with Gasteiger partial charge in [-0.05, 0) is 24.5 Å². The van der Waals surface area contributed by atoms with Gasteiger partial charge in [0.15, 0.2) is 0 Å². The molecule has 1 aromatic rings. The van der Waals surface area contributed by atoms with Gasteiger partial charge in [-0.25, -0.2) is 9.38 Å². The molecule has 0 spiro atoms. The molecular formula is C10H10FN2O. The Labute approximate surface area is 81.6 Å². The van der Waals surface area contributed by atoms with E-state index < -0.39 is 0 Å². The fraction of sp³-hybridized carbons (Fsp3) is 0.400. The highest BCUT2D eigenvalue weighted by molar-refractivity contribution is 5.48. The molecule has 0 saturated carbocycles. The Morgan fingerprint density at radius 3 is 3.29 bits per heavy atom. The molecular weight excluding hydrogens is 183 g/mol. The van der Waals surface area contributed by atoms with Crippen molar-refractivity contribution in [1.29, 1.82) is 0 Å². The van der Waals surface area contributed by atoms with Crippen molar-refractivity contribution >= 4 is 6.40 Å². The van der Waals surface area contributed by atoms with Crippen LogP contribution in [0, 0.1) is 5.82 Å². The molecule has 4 heteroatoms. The number of ether oxygens (including phenoxy) is 1. The quantitative estimate of drug-likeness (QED) is 0.728. The lowest BCUT2D eigenvalue weighted by Crippen LogP contribution is -2.08. The topological polar surface area (TPSA) is 34.5 Å². The second kappa shape index (κ2) is 4.17. The van der Waals surface area contributed by atoms with Crippen molar-refractivity contribution in [2.24, 2.45) is 4.99 Å². The number of nitrogens with zero attached hydrogens (tertiary/aromatic N) is 2. The number of hydrogen-bond acceptors (Lipinski definition) is 3. The molecule has 0 N–H and O–H groups in total. The van der Waals surface area contributed by atoms with Gasteiger partial charge in [0, 0.05) is 6.20 Å². The van der Waals surface area contributed by atoms with E-state index in [2.05, 4.69) is 16.4 Å². The average Bonchev–Trinajstić information content (AvgIpc) is 2.69. The molecule has 3 nitrogen and oxygen atoms in total. The Kier molecular flexibility index (Phi) is 2.72. The molecule has 73 valence electrons. The van der Waals surface area contributed by atoms with E-state index in [4.69, 9.17) is 4.74 Å². The van der Waals surface area contributed by atoms with Crippen molar-refractivity contribution in [1.82, 2.24) is 4.98 Å². The number of aliphatic imine (C=N–C) groups is 1. The van der Waals surface area contributed by atoms with Gasteiger partial charge in [-0.15, -0.1) is 0 Å². The second-order valence-corrected chi connectivity index (χ2v) is 3.19. The molecule has 1 atom stereocenters. The fourth-order valence-electron chi connectivity index (χ4n) is 1.36. The third kappa shape index (κ3) is 2.07. The van der Waals surface area contributed by atoms with Crippen LogP contribution in [0.25, 0.3) is 0 Å². The van der Waals surface area contributed by atoms with E-state index in [-0.39, 0.29) is 11.9 Å². The Bertz CT molecular complexity index is 341. The summed E-state index contributed by atoms with van der Waals surface area (Å²) in [6, 6.07) is 1.82. The molecule has 14 heavy (non-hydrogen) atoms. The van der Waals surface area contributed by atoms with E-state index >= 15 is 0 Å². The largest absolute Gasteiger partial charge is 0.472 e. The number of halogens is 1. The zero-order valence-corrected chi connectivity index (χ0v) is 7.61. The van der Waals surface area contributed by atoms with Gasteiger partial charge in [-0.3, -0.25) is 4.98 Å². The first-order valence-electron chi connectivity index (χ1n) is 4.51. The van der Waals surface area contributed by atoms with Gasteiger partial charge in [-0.1, -0.05) is 0 Å². The fourth-order valence-corrected chi connectivity index (χ4v) is 1.36. The second-order valence-electron chi connectivity index (χ2n) is 3.19. The number of aromatic nitrogens is 1. The van der Waals surface area contributed by atoms with E-state index in [1.807, 2.05) is 0 Å². The monoisotopic (exact) mass is 193 g/mol. The molecule has 0 fully saturated rings. The summed E-state index contributed by atoms with van der Waals surface area (Å²) < 4.78 is 18.0. The first-order chi connectivity index (χ1) is 6.86. The summed E-state index contributed by atoms with van der Waals surface area (Å²) in [5.74, 6) is -0.251. The van der Waals surface area contributed by atoms with E-state index in [0.717, 1.165) is 6.42 Å². The third-order valence-electron chi connectivity index (χ3n) is 2.18. The zero-order valence-electron chi connectivity index (χ0n) is 7.61. The van der Waals surface area contributed by atoms with E-state index in [1.165, 1.54) is 6.20 Å². The van der Waals surface area contributed by atoms with Crippen LogP contribution in [0.5, 0.6) is 0 Å². The van der Waals surface area contributed by atoms with Gasteiger partial charge in [-0.2, -0.15) is 0 Å². The van der Waals surface area contributed by atoms with Gasteiger partial charge < -0.3 is 4.74 Å². The molecule has 2 rings (SSSR count). The lowest BCUT2D eigenvalue weighted by Gasteiger charge is -2.05. The third-order valence-corrected chi connectivity index (χ3v) is 2.18. The van der Waals surface area contributed by atoms with Crippen molar-refractivity contribution in [3.05, 3.63) is 29.8 Å². The lowest BCUT2D eigenvalue weighted by atomic mass is 10.1. The number of rotatable bonds is 3. The lowest BCUT2D eigenvalue weighted by molar-refractivity contribution is 0.321. The number of pyridine rings is 1. The highest BCUT2D eigenvalue weighted by Crippen LogP contribution is 2.12. The van der Waals surface area contributed by atoms with E-state index in [9.17, 15) is 4.39 Å². The number of aryl methyl sites for hydroxylation is 1. The Balaban J connectivity index is 1.91. The minimum Gasteiger partial charge on any atom is -0.472 e. The van der Waals surface area contributed by atoms with Crippen LogP contribution in [0.3, 0.4) is 0 Å². The maximum absolute atomic E-state index is 13.1. The van der Waals surface area contributed by atoms with Crippen molar-refractivity contribution in [3.8, 4) is 0 Å². The van der Waals surface area contributed by atoms with Gasteiger partial charge in [0.25, 0.3) is 6.40 Å². The first kappa shape index (κ1) is 9.12. The smallest absolute Gasteiger partial charge is 0.273 e. The zero-order chi connectivity index (χ0) is 9.80. The van der Waals surface area contributed by atoms with Crippen LogP contribution in [0.15, 0.2) is 23.5 Å². The summed E-state index contributed by atoms with van der Waals surface area (Å²) in [5, 5.41) is 0. The summed E-state index contributed by atoms with van der Waals surface area (Å²) >= 11 is 0. The summed E-state index contributed by atoms with van der Waals surface area (Å²) in [4.78, 5) is 7.66. The molecule has 0 amide bonds. The van der Waals surface area contributed by atoms with Crippen LogP contribution in [0.1, 0.15) is 12.0 Å². The van der Waals surface area contributed by atoms with Crippen molar-refractivity contribution in [3.63, 3.8) is 0 Å². The van der Waals surface area contributed by atoms with Crippen LogP contribution in [-0.4, -0.2) is 24.0 Å². The SMILES string of the molecule is Fc1cnccc1CCC1CO[C]=N1. The molecule has 2 heterocycles. The van der Waals surface area contributed by atoms with Gasteiger partial charge in [0.05, 0.1) is 12.2 Å². The molecule has 1 radical (unpaired) electrons. The van der Waals surface area contributed by atoms with Gasteiger partial charge >= 0.3 is 0 Å². The van der Waals surface area contributed by atoms with E-state index in [1.54, 1.807) is 12.3 Å². The summed E-state index contributed by atoms with van der Waals surface area (Å²) in [6.45, 7) is 0.562. The van der Waals surface area contributed by atoms with Crippen molar-refractivity contribution in [2.45, 2.75) is 18.9 Å². The normalized spacial score (nSPS) is 19.6. The Morgan fingerprint density at radius 2 is 2.57 bits per heavy atom. The minimum atomic E-state index is -0.251. The molecule has 1 aliphatic rings. The van der Waals surface area contributed by atoms with Gasteiger partial charge in [0.2, 0.25) is 0 Å². The van der Waals surface area contributed by atoms with Gasteiger partial charge in [0.1, 0.15) is 12.4 Å². The highest BCUT2D eigenvalue weighted by atomic mass is 19.1. The average molecular weight is 193 g/mol. The van der Waals surface area contributed by atoms with Crippen LogP contribution in [0.4, 0.5) is 4.39 Å². The molecule has 1 unspecified atom stereocenters. The summed E-state index contributed by atoms with van der Waals surface area (Å²) in [5.41, 5.74) is 0.683.